The van der Waals surface area contributed by atoms with Gasteiger partial charge >= 0.3 is 0 Å². The van der Waals surface area contributed by atoms with Crippen LogP contribution in [0.2, 0.25) is 0 Å². The number of nitrogens with two attached hydrogens (primary N) is 1. The van der Waals surface area contributed by atoms with Gasteiger partial charge in [0, 0.05) is 23.2 Å². The van der Waals surface area contributed by atoms with Crippen molar-refractivity contribution in [3.63, 3.8) is 0 Å². The Balaban J connectivity index is 2.43. The van der Waals surface area contributed by atoms with E-state index >= 15 is 0 Å². The first-order valence-corrected chi connectivity index (χ1v) is 7.27. The highest BCUT2D eigenvalue weighted by atomic mass is 32.1. The van der Waals surface area contributed by atoms with Crippen LogP contribution in [0.1, 0.15) is 29.0 Å². The number of benzene rings is 1. The first kappa shape index (κ1) is 14.4. The van der Waals surface area contributed by atoms with Crippen LogP contribution in [0.15, 0.2) is 40.9 Å². The van der Waals surface area contributed by atoms with E-state index in [1.807, 2.05) is 32.2 Å². The summed E-state index contributed by atoms with van der Waals surface area (Å²) in [4.78, 5) is 3.42. The zero-order valence-electron chi connectivity index (χ0n) is 11.9. The smallest absolute Gasteiger partial charge is 0.172 e. The summed E-state index contributed by atoms with van der Waals surface area (Å²) < 4.78 is 0. The number of oxime groups is 1. The van der Waals surface area contributed by atoms with Gasteiger partial charge in [0.1, 0.15) is 0 Å². The number of hydrogen-bond donors (Lipinski definition) is 2. The summed E-state index contributed by atoms with van der Waals surface area (Å²) in [5.74, 6) is 0.130. The Morgan fingerprint density at radius 3 is 2.75 bits per heavy atom. The van der Waals surface area contributed by atoms with E-state index in [9.17, 15) is 0 Å². The number of hydrogen-bond acceptors (Lipinski definition) is 4. The number of amidine groups is 1. The van der Waals surface area contributed by atoms with Crippen LogP contribution < -0.4 is 10.6 Å². The van der Waals surface area contributed by atoms with E-state index in [-0.39, 0.29) is 11.9 Å². The summed E-state index contributed by atoms with van der Waals surface area (Å²) in [7, 11) is 2.02. The van der Waals surface area contributed by atoms with Gasteiger partial charge in [-0.1, -0.05) is 17.3 Å². The van der Waals surface area contributed by atoms with Crippen molar-refractivity contribution in [2.24, 2.45) is 10.9 Å². The van der Waals surface area contributed by atoms with Crippen molar-refractivity contribution in [2.45, 2.75) is 19.9 Å². The molecule has 0 fully saturated rings. The Morgan fingerprint density at radius 2 is 2.15 bits per heavy atom. The molecule has 0 spiro atoms. The highest BCUT2D eigenvalue weighted by molar-refractivity contribution is 7.10. The summed E-state index contributed by atoms with van der Waals surface area (Å²) in [5, 5.41) is 14.1. The Labute approximate surface area is 123 Å². The SMILES string of the molecule is Cc1ccc(C(N)=NO)c(N(C)C(C)c2cccs2)c1. The summed E-state index contributed by atoms with van der Waals surface area (Å²) in [6.07, 6.45) is 0. The molecule has 1 aromatic carbocycles. The van der Waals surface area contributed by atoms with Crippen molar-refractivity contribution in [1.82, 2.24) is 0 Å². The normalized spacial score (nSPS) is 13.2. The predicted molar refractivity (Wildman–Crippen MR) is 84.8 cm³/mol. The summed E-state index contributed by atoms with van der Waals surface area (Å²) in [6, 6.07) is 10.3. The molecule has 3 N–H and O–H groups in total. The number of anilines is 1. The van der Waals surface area contributed by atoms with Gasteiger partial charge in [-0.2, -0.15) is 0 Å². The fourth-order valence-electron chi connectivity index (χ4n) is 2.13. The average Bonchev–Trinajstić information content (AvgIpc) is 2.99. The van der Waals surface area contributed by atoms with E-state index in [1.165, 1.54) is 4.88 Å². The van der Waals surface area contributed by atoms with Crippen LogP contribution in [0.4, 0.5) is 5.69 Å². The summed E-state index contributed by atoms with van der Waals surface area (Å²) >= 11 is 1.73. The van der Waals surface area contributed by atoms with Crippen molar-refractivity contribution in [3.8, 4) is 0 Å². The standard InChI is InChI=1S/C15H19N3OS/c1-10-6-7-12(15(16)17-19)13(9-10)18(3)11(2)14-5-4-8-20-14/h4-9,11,19H,1-3H3,(H2,16,17). The zero-order chi connectivity index (χ0) is 14.7. The second-order valence-electron chi connectivity index (χ2n) is 4.81. The van der Waals surface area contributed by atoms with Gasteiger partial charge in [-0.3, -0.25) is 0 Å². The van der Waals surface area contributed by atoms with Gasteiger partial charge in [0.05, 0.1) is 6.04 Å². The molecule has 0 aliphatic rings. The third-order valence-electron chi connectivity index (χ3n) is 3.45. The number of thiophene rings is 1. The van der Waals surface area contributed by atoms with Crippen molar-refractivity contribution >= 4 is 22.9 Å². The van der Waals surface area contributed by atoms with Gasteiger partial charge in [-0.05, 0) is 43.0 Å². The molecule has 0 aliphatic carbocycles. The lowest BCUT2D eigenvalue weighted by atomic mass is 10.1. The maximum atomic E-state index is 8.93. The van der Waals surface area contributed by atoms with Crippen molar-refractivity contribution in [1.29, 1.82) is 0 Å². The third kappa shape index (κ3) is 2.77. The zero-order valence-corrected chi connectivity index (χ0v) is 12.7. The molecule has 0 radical (unpaired) electrons. The monoisotopic (exact) mass is 289 g/mol. The van der Waals surface area contributed by atoms with E-state index in [2.05, 4.69) is 34.5 Å². The maximum Gasteiger partial charge on any atom is 0.172 e. The molecule has 2 rings (SSSR count). The van der Waals surface area contributed by atoms with Gasteiger partial charge in [0.2, 0.25) is 0 Å². The van der Waals surface area contributed by atoms with Crippen LogP contribution in [-0.2, 0) is 0 Å². The number of rotatable bonds is 4. The average molecular weight is 289 g/mol. The van der Waals surface area contributed by atoms with E-state index in [4.69, 9.17) is 10.9 Å². The number of aryl methyl sites for hydroxylation is 1. The topological polar surface area (TPSA) is 61.9 Å². The number of nitrogens with zero attached hydrogens (tertiary/aromatic N) is 2. The van der Waals surface area contributed by atoms with Gasteiger partial charge in [-0.25, -0.2) is 0 Å². The summed E-state index contributed by atoms with van der Waals surface area (Å²) in [5.41, 5.74) is 8.62. The molecule has 1 atom stereocenters. The lowest BCUT2D eigenvalue weighted by molar-refractivity contribution is 0.318. The van der Waals surface area contributed by atoms with E-state index < -0.39 is 0 Å². The van der Waals surface area contributed by atoms with Crippen molar-refractivity contribution in [2.75, 3.05) is 11.9 Å². The summed E-state index contributed by atoms with van der Waals surface area (Å²) in [6.45, 7) is 4.17. The Morgan fingerprint density at radius 1 is 1.40 bits per heavy atom. The fraction of sp³-hybridized carbons (Fsp3) is 0.267. The van der Waals surface area contributed by atoms with Gasteiger partial charge < -0.3 is 15.8 Å². The quantitative estimate of drug-likeness (QED) is 0.393. The van der Waals surface area contributed by atoms with Gasteiger partial charge in [0.25, 0.3) is 0 Å². The molecule has 20 heavy (non-hydrogen) atoms. The first-order valence-electron chi connectivity index (χ1n) is 6.39. The largest absolute Gasteiger partial charge is 0.409 e. The minimum atomic E-state index is 0.130. The lowest BCUT2D eigenvalue weighted by Crippen LogP contribution is -2.25. The van der Waals surface area contributed by atoms with Crippen LogP contribution in [0, 0.1) is 6.92 Å². The minimum absolute atomic E-state index is 0.130. The Bertz CT molecular complexity index is 608. The highest BCUT2D eigenvalue weighted by Crippen LogP contribution is 2.31. The molecule has 0 saturated heterocycles. The van der Waals surface area contributed by atoms with Crippen LogP contribution in [-0.4, -0.2) is 18.1 Å². The predicted octanol–water partition coefficient (Wildman–Crippen LogP) is 3.35. The molecule has 1 unspecified atom stereocenters. The van der Waals surface area contributed by atoms with Crippen LogP contribution in [0.5, 0.6) is 0 Å². The molecular weight excluding hydrogens is 270 g/mol. The van der Waals surface area contributed by atoms with Crippen LogP contribution in [0.3, 0.4) is 0 Å². The van der Waals surface area contributed by atoms with Crippen LogP contribution in [0.25, 0.3) is 0 Å². The molecule has 4 nitrogen and oxygen atoms in total. The van der Waals surface area contributed by atoms with E-state index in [0.29, 0.717) is 0 Å². The minimum Gasteiger partial charge on any atom is -0.409 e. The third-order valence-corrected chi connectivity index (χ3v) is 4.50. The van der Waals surface area contributed by atoms with Crippen LogP contribution >= 0.6 is 11.3 Å². The molecule has 0 amide bonds. The van der Waals surface area contributed by atoms with E-state index in [0.717, 1.165) is 16.8 Å². The molecule has 106 valence electrons. The van der Waals surface area contributed by atoms with Crippen molar-refractivity contribution in [3.05, 3.63) is 51.7 Å². The molecule has 2 aromatic rings. The molecule has 1 aromatic heterocycles. The second kappa shape index (κ2) is 5.96. The van der Waals surface area contributed by atoms with Crippen molar-refractivity contribution < 1.29 is 5.21 Å². The Kier molecular flexibility index (Phi) is 4.29. The molecule has 0 bridgehead atoms. The maximum absolute atomic E-state index is 8.93. The lowest BCUT2D eigenvalue weighted by Gasteiger charge is -2.28. The molecule has 1 heterocycles. The van der Waals surface area contributed by atoms with E-state index in [1.54, 1.807) is 11.3 Å². The highest BCUT2D eigenvalue weighted by Gasteiger charge is 2.18. The van der Waals surface area contributed by atoms with Gasteiger partial charge in [-0.15, -0.1) is 11.3 Å². The van der Waals surface area contributed by atoms with Gasteiger partial charge in [0.15, 0.2) is 5.84 Å². The molecule has 0 saturated carbocycles. The molecular formula is C15H19N3OS. The molecule has 5 heteroatoms. The molecule has 0 aliphatic heterocycles. The first-order chi connectivity index (χ1) is 9.54. The fourth-order valence-corrected chi connectivity index (χ4v) is 2.96. The second-order valence-corrected chi connectivity index (χ2v) is 5.79. The Hall–Kier alpha value is -2.01.